The van der Waals surface area contributed by atoms with Gasteiger partial charge < -0.3 is 20.5 Å². The van der Waals surface area contributed by atoms with Crippen molar-refractivity contribution in [1.29, 1.82) is 0 Å². The molecule has 1 amide bonds. The van der Waals surface area contributed by atoms with Crippen LogP contribution >= 0.6 is 0 Å². The summed E-state index contributed by atoms with van der Waals surface area (Å²) >= 11 is 0. The van der Waals surface area contributed by atoms with E-state index < -0.39 is 0 Å². The number of nitrogens with zero attached hydrogens (tertiary/aromatic N) is 1. The van der Waals surface area contributed by atoms with Crippen LogP contribution < -0.4 is 5.73 Å². The molecular weight excluding hydrogens is 256 g/mol. The van der Waals surface area contributed by atoms with Gasteiger partial charge in [-0.2, -0.15) is 0 Å². The summed E-state index contributed by atoms with van der Waals surface area (Å²) in [5, 5.41) is 8.76. The highest BCUT2D eigenvalue weighted by Crippen LogP contribution is 2.30. The van der Waals surface area contributed by atoms with Gasteiger partial charge in [0.15, 0.2) is 0 Å². The number of likely N-dealkylation sites (tertiary alicyclic amines) is 1. The van der Waals surface area contributed by atoms with Crippen molar-refractivity contribution in [3.05, 3.63) is 0 Å². The zero-order valence-electron chi connectivity index (χ0n) is 12.3. The van der Waals surface area contributed by atoms with Crippen LogP contribution in [0.1, 0.15) is 38.5 Å². The zero-order chi connectivity index (χ0) is 14.4. The van der Waals surface area contributed by atoms with Gasteiger partial charge in [0.1, 0.15) is 0 Å². The normalized spacial score (nSPS) is 28.6. The highest BCUT2D eigenvalue weighted by molar-refractivity contribution is 5.79. The van der Waals surface area contributed by atoms with Gasteiger partial charge in [0.25, 0.3) is 0 Å². The first kappa shape index (κ1) is 15.7. The molecule has 20 heavy (non-hydrogen) atoms. The Hall–Kier alpha value is -0.650. The van der Waals surface area contributed by atoms with E-state index in [1.54, 1.807) is 0 Å². The Morgan fingerprint density at radius 2 is 2.00 bits per heavy atom. The summed E-state index contributed by atoms with van der Waals surface area (Å²) in [5.74, 6) is 1.04. The van der Waals surface area contributed by atoms with Crippen LogP contribution in [0.3, 0.4) is 0 Å². The Balaban J connectivity index is 1.76. The minimum atomic E-state index is 0.0711. The van der Waals surface area contributed by atoms with E-state index in [0.717, 1.165) is 45.2 Å². The maximum atomic E-state index is 12.5. The van der Waals surface area contributed by atoms with E-state index in [1.165, 1.54) is 6.42 Å². The number of hydrogen-bond acceptors (Lipinski definition) is 4. The third-order valence-electron chi connectivity index (χ3n) is 4.66. The molecule has 2 rings (SSSR count). The largest absolute Gasteiger partial charge is 0.394 e. The molecule has 0 aromatic carbocycles. The molecule has 2 unspecified atom stereocenters. The topological polar surface area (TPSA) is 75.8 Å². The quantitative estimate of drug-likeness (QED) is 0.781. The van der Waals surface area contributed by atoms with E-state index in [4.69, 9.17) is 15.6 Å². The van der Waals surface area contributed by atoms with Crippen molar-refractivity contribution in [2.75, 3.05) is 32.8 Å². The molecule has 0 bridgehead atoms. The van der Waals surface area contributed by atoms with Crippen LogP contribution in [0.4, 0.5) is 0 Å². The number of carbonyl (C=O) groups excluding carboxylic acids is 1. The number of piperidine rings is 1. The summed E-state index contributed by atoms with van der Waals surface area (Å²) in [7, 11) is 0. The number of rotatable bonds is 5. The standard InChI is InChI=1S/C15H28N2O3/c16-11-12-2-1-3-13(10-12)15(19)17-6-4-14(5-7-17)20-9-8-18/h12-14,18H,1-11,16H2. The molecule has 1 aliphatic carbocycles. The smallest absolute Gasteiger partial charge is 0.225 e. The fraction of sp³-hybridized carbons (Fsp3) is 0.933. The maximum absolute atomic E-state index is 12.5. The Morgan fingerprint density at radius 3 is 2.65 bits per heavy atom. The number of amides is 1. The lowest BCUT2D eigenvalue weighted by atomic mass is 9.80. The Morgan fingerprint density at radius 1 is 1.25 bits per heavy atom. The molecule has 1 saturated carbocycles. The highest BCUT2D eigenvalue weighted by Gasteiger charge is 2.31. The lowest BCUT2D eigenvalue weighted by molar-refractivity contribution is -0.139. The predicted octanol–water partition coefficient (Wildman–Crippen LogP) is 0.751. The molecule has 0 spiro atoms. The second-order valence-corrected chi connectivity index (χ2v) is 6.08. The van der Waals surface area contributed by atoms with Crippen molar-refractivity contribution >= 4 is 5.91 Å². The predicted molar refractivity (Wildman–Crippen MR) is 77.1 cm³/mol. The van der Waals surface area contributed by atoms with E-state index in [9.17, 15) is 4.79 Å². The molecule has 0 aromatic heterocycles. The summed E-state index contributed by atoms with van der Waals surface area (Å²) < 4.78 is 5.54. The third-order valence-corrected chi connectivity index (χ3v) is 4.66. The molecule has 0 radical (unpaired) electrons. The van der Waals surface area contributed by atoms with Gasteiger partial charge in [0.2, 0.25) is 5.91 Å². The van der Waals surface area contributed by atoms with Crippen LogP contribution in [0.2, 0.25) is 0 Å². The minimum Gasteiger partial charge on any atom is -0.394 e. The van der Waals surface area contributed by atoms with Crippen LogP contribution in [0.5, 0.6) is 0 Å². The number of nitrogens with two attached hydrogens (primary N) is 1. The molecule has 1 aliphatic heterocycles. The van der Waals surface area contributed by atoms with Gasteiger partial charge in [0.05, 0.1) is 19.3 Å². The number of carbonyl (C=O) groups is 1. The molecule has 5 nitrogen and oxygen atoms in total. The number of aliphatic hydroxyl groups is 1. The van der Waals surface area contributed by atoms with Crippen LogP contribution in [-0.2, 0) is 9.53 Å². The summed E-state index contributed by atoms with van der Waals surface area (Å²) in [6.07, 6.45) is 6.28. The molecule has 3 N–H and O–H groups in total. The fourth-order valence-electron chi connectivity index (χ4n) is 3.45. The molecule has 0 aromatic rings. The van der Waals surface area contributed by atoms with Gasteiger partial charge in [-0.3, -0.25) is 4.79 Å². The van der Waals surface area contributed by atoms with E-state index >= 15 is 0 Å². The van der Waals surface area contributed by atoms with E-state index in [1.807, 2.05) is 4.90 Å². The average Bonchev–Trinajstić information content (AvgIpc) is 2.52. The van der Waals surface area contributed by atoms with Gasteiger partial charge in [-0.15, -0.1) is 0 Å². The lowest BCUT2D eigenvalue weighted by Gasteiger charge is -2.36. The fourth-order valence-corrected chi connectivity index (χ4v) is 3.45. The first-order valence-electron chi connectivity index (χ1n) is 7.96. The van der Waals surface area contributed by atoms with Crippen molar-refractivity contribution in [1.82, 2.24) is 4.90 Å². The minimum absolute atomic E-state index is 0.0711. The van der Waals surface area contributed by atoms with Crippen molar-refractivity contribution in [2.45, 2.75) is 44.6 Å². The lowest BCUT2D eigenvalue weighted by Crippen LogP contribution is -2.45. The van der Waals surface area contributed by atoms with Crippen molar-refractivity contribution in [3.63, 3.8) is 0 Å². The zero-order valence-corrected chi connectivity index (χ0v) is 12.3. The molecule has 2 aliphatic rings. The second-order valence-electron chi connectivity index (χ2n) is 6.08. The van der Waals surface area contributed by atoms with E-state index in [-0.39, 0.29) is 18.6 Å². The third kappa shape index (κ3) is 4.17. The van der Waals surface area contributed by atoms with Crippen LogP contribution in [0, 0.1) is 11.8 Å². The van der Waals surface area contributed by atoms with Gasteiger partial charge in [-0.25, -0.2) is 0 Å². The van der Waals surface area contributed by atoms with Gasteiger partial charge in [-0.1, -0.05) is 6.42 Å². The molecule has 5 heteroatoms. The van der Waals surface area contributed by atoms with E-state index in [2.05, 4.69) is 0 Å². The summed E-state index contributed by atoms with van der Waals surface area (Å²) in [5.41, 5.74) is 5.75. The second kappa shape index (κ2) is 7.96. The van der Waals surface area contributed by atoms with E-state index in [0.29, 0.717) is 25.0 Å². The van der Waals surface area contributed by atoms with Crippen LogP contribution in [0.15, 0.2) is 0 Å². The summed E-state index contributed by atoms with van der Waals surface area (Å²) in [6, 6.07) is 0. The van der Waals surface area contributed by atoms with Gasteiger partial charge >= 0.3 is 0 Å². The first-order valence-corrected chi connectivity index (χ1v) is 7.96. The van der Waals surface area contributed by atoms with Crippen LogP contribution in [-0.4, -0.2) is 54.9 Å². The molecule has 1 saturated heterocycles. The number of aliphatic hydroxyl groups excluding tert-OH is 1. The summed E-state index contributed by atoms with van der Waals surface area (Å²) in [4.78, 5) is 14.5. The number of hydrogen-bond donors (Lipinski definition) is 2. The molecular formula is C15H28N2O3. The first-order chi connectivity index (χ1) is 9.74. The SMILES string of the molecule is NCC1CCCC(C(=O)N2CCC(OCCO)CC2)C1. The Bertz CT molecular complexity index is 303. The maximum Gasteiger partial charge on any atom is 0.225 e. The van der Waals surface area contributed by atoms with Gasteiger partial charge in [0, 0.05) is 19.0 Å². The molecule has 116 valence electrons. The Kier molecular flexibility index (Phi) is 6.26. The monoisotopic (exact) mass is 284 g/mol. The average molecular weight is 284 g/mol. The van der Waals surface area contributed by atoms with Crippen molar-refractivity contribution in [3.8, 4) is 0 Å². The number of ether oxygens (including phenoxy) is 1. The van der Waals surface area contributed by atoms with Crippen molar-refractivity contribution in [2.24, 2.45) is 17.6 Å². The van der Waals surface area contributed by atoms with Gasteiger partial charge in [-0.05, 0) is 44.6 Å². The highest BCUT2D eigenvalue weighted by atomic mass is 16.5. The summed E-state index contributed by atoms with van der Waals surface area (Å²) in [6.45, 7) is 2.76. The molecule has 2 atom stereocenters. The van der Waals surface area contributed by atoms with Crippen molar-refractivity contribution < 1.29 is 14.6 Å². The Labute approximate surface area is 121 Å². The molecule has 2 fully saturated rings. The van der Waals surface area contributed by atoms with Crippen LogP contribution in [0.25, 0.3) is 0 Å². The molecule has 1 heterocycles.